The van der Waals surface area contributed by atoms with Crippen molar-refractivity contribution in [2.75, 3.05) is 11.9 Å². The number of benzene rings is 1. The predicted molar refractivity (Wildman–Crippen MR) is 122 cm³/mol. The molecule has 1 aromatic carbocycles. The number of phenolic OH excluding ortho intramolecular Hbond substituents is 1. The van der Waals surface area contributed by atoms with Gasteiger partial charge in [0.05, 0.1) is 11.9 Å². The van der Waals surface area contributed by atoms with Crippen molar-refractivity contribution in [2.24, 2.45) is 5.92 Å². The van der Waals surface area contributed by atoms with Gasteiger partial charge in [-0.25, -0.2) is 0 Å². The highest BCUT2D eigenvalue weighted by molar-refractivity contribution is 5.73. The van der Waals surface area contributed by atoms with E-state index in [2.05, 4.69) is 44.9 Å². The molecular weight excluding hydrogens is 388 g/mol. The van der Waals surface area contributed by atoms with Gasteiger partial charge in [-0.15, -0.1) is 10.2 Å². The van der Waals surface area contributed by atoms with Crippen molar-refractivity contribution < 1.29 is 5.11 Å². The van der Waals surface area contributed by atoms with Gasteiger partial charge in [0, 0.05) is 34.9 Å². The van der Waals surface area contributed by atoms with Crippen molar-refractivity contribution in [1.29, 1.82) is 0 Å². The number of phenols is 1. The van der Waals surface area contributed by atoms with Gasteiger partial charge >= 0.3 is 0 Å². The first-order valence-corrected chi connectivity index (χ1v) is 11.1. The number of hydrogen-bond donors (Lipinski definition) is 4. The van der Waals surface area contributed by atoms with Gasteiger partial charge in [-0.3, -0.25) is 5.10 Å². The summed E-state index contributed by atoms with van der Waals surface area (Å²) in [5.74, 6) is 1.58. The predicted octanol–water partition coefficient (Wildman–Crippen LogP) is 4.35. The number of anilines is 1. The normalized spacial score (nSPS) is 27.7. The summed E-state index contributed by atoms with van der Waals surface area (Å²) in [6.07, 6.45) is 9.75. The van der Waals surface area contributed by atoms with E-state index in [0.29, 0.717) is 17.2 Å². The number of rotatable bonds is 5. The van der Waals surface area contributed by atoms with E-state index in [-0.39, 0.29) is 16.8 Å². The van der Waals surface area contributed by atoms with Crippen LogP contribution in [0.25, 0.3) is 22.4 Å². The molecule has 3 aromatic rings. The Morgan fingerprint density at radius 3 is 2.52 bits per heavy atom. The number of nitrogens with zero attached hydrogens (tertiary/aromatic N) is 3. The fourth-order valence-corrected chi connectivity index (χ4v) is 5.67. The van der Waals surface area contributed by atoms with Crippen LogP contribution < -0.4 is 10.6 Å². The van der Waals surface area contributed by atoms with Crippen molar-refractivity contribution in [2.45, 2.75) is 57.0 Å². The topological polar surface area (TPSA) is 98.8 Å². The van der Waals surface area contributed by atoms with Gasteiger partial charge in [0.2, 0.25) is 0 Å². The molecule has 7 nitrogen and oxygen atoms in total. The summed E-state index contributed by atoms with van der Waals surface area (Å²) >= 11 is 0. The molecule has 5 rings (SSSR count). The molecule has 4 heterocycles. The Hall–Kier alpha value is -2.93. The summed E-state index contributed by atoms with van der Waals surface area (Å²) in [4.78, 5) is 0. The second-order valence-corrected chi connectivity index (χ2v) is 9.78. The highest BCUT2D eigenvalue weighted by Gasteiger charge is 2.45. The Kier molecular flexibility index (Phi) is 4.93. The summed E-state index contributed by atoms with van der Waals surface area (Å²) in [7, 11) is 0. The maximum Gasteiger partial charge on any atom is 0.148 e. The zero-order chi connectivity index (χ0) is 21.5. The van der Waals surface area contributed by atoms with Crippen LogP contribution >= 0.6 is 0 Å². The first-order chi connectivity index (χ1) is 14.9. The van der Waals surface area contributed by atoms with E-state index in [0.717, 1.165) is 23.5 Å². The van der Waals surface area contributed by atoms with Crippen LogP contribution in [0, 0.1) is 5.92 Å². The van der Waals surface area contributed by atoms with Crippen molar-refractivity contribution in [3.63, 3.8) is 0 Å². The lowest BCUT2D eigenvalue weighted by molar-refractivity contribution is 0.0589. The number of aromatic hydroxyl groups is 1. The van der Waals surface area contributed by atoms with Gasteiger partial charge in [0.1, 0.15) is 11.6 Å². The Labute approximate surface area is 182 Å². The molecule has 4 N–H and O–H groups in total. The standard InChI is InChI=1S/C24H30N6O/c1-23-8-3-9-24(2,30-23)12-16(11-23)13-25-22-7-6-20(28-29-22)19-5-4-17(10-21(19)31)18-14-26-27-15-18/h4-7,10,14-16,30-31H,3,8-9,11-13H2,1-2H3,(H,25,29)(H,26,27). The molecule has 2 atom stereocenters. The second-order valence-electron chi connectivity index (χ2n) is 9.78. The van der Waals surface area contributed by atoms with E-state index in [1.165, 1.54) is 32.1 Å². The lowest BCUT2D eigenvalue weighted by Crippen LogP contribution is -2.63. The summed E-state index contributed by atoms with van der Waals surface area (Å²) in [5.41, 5.74) is 3.66. The molecule has 0 aliphatic carbocycles. The Bertz CT molecular complexity index is 1030. The minimum atomic E-state index is 0.177. The molecule has 2 bridgehead atoms. The van der Waals surface area contributed by atoms with E-state index in [1.807, 2.05) is 24.3 Å². The summed E-state index contributed by atoms with van der Waals surface area (Å²) in [5, 5.41) is 33.3. The van der Waals surface area contributed by atoms with Crippen LogP contribution in [0.1, 0.15) is 46.0 Å². The zero-order valence-electron chi connectivity index (χ0n) is 18.2. The summed E-state index contributed by atoms with van der Waals surface area (Å²) in [6.45, 7) is 5.65. The van der Waals surface area contributed by atoms with E-state index in [9.17, 15) is 5.11 Å². The van der Waals surface area contributed by atoms with Crippen molar-refractivity contribution in [3.8, 4) is 28.1 Å². The second kappa shape index (κ2) is 7.64. The van der Waals surface area contributed by atoms with Crippen LogP contribution in [0.5, 0.6) is 5.75 Å². The molecule has 2 saturated heterocycles. The van der Waals surface area contributed by atoms with Gasteiger partial charge in [0.15, 0.2) is 0 Å². The molecule has 2 unspecified atom stereocenters. The third-order valence-corrected chi connectivity index (χ3v) is 6.88. The average molecular weight is 419 g/mol. The summed E-state index contributed by atoms with van der Waals surface area (Å²) in [6, 6.07) is 9.38. The van der Waals surface area contributed by atoms with Gasteiger partial charge in [-0.05, 0) is 81.7 Å². The van der Waals surface area contributed by atoms with E-state index >= 15 is 0 Å². The lowest BCUT2D eigenvalue weighted by atomic mass is 9.67. The molecule has 0 amide bonds. The molecule has 31 heavy (non-hydrogen) atoms. The largest absolute Gasteiger partial charge is 0.507 e. The number of piperidine rings is 2. The minimum absolute atomic E-state index is 0.177. The number of aromatic nitrogens is 4. The Balaban J connectivity index is 1.25. The number of nitrogens with one attached hydrogen (secondary N) is 3. The quantitative estimate of drug-likeness (QED) is 0.492. The number of fused-ring (bicyclic) bond motifs is 2. The molecule has 0 saturated carbocycles. The third kappa shape index (κ3) is 4.14. The lowest BCUT2D eigenvalue weighted by Gasteiger charge is -2.53. The Morgan fingerprint density at radius 2 is 1.87 bits per heavy atom. The fourth-order valence-electron chi connectivity index (χ4n) is 5.67. The van der Waals surface area contributed by atoms with Crippen molar-refractivity contribution >= 4 is 5.82 Å². The van der Waals surface area contributed by atoms with E-state index < -0.39 is 0 Å². The first kappa shape index (κ1) is 20.0. The van der Waals surface area contributed by atoms with Crippen molar-refractivity contribution in [3.05, 3.63) is 42.7 Å². The molecule has 2 fully saturated rings. The van der Waals surface area contributed by atoms with Crippen molar-refractivity contribution in [1.82, 2.24) is 25.7 Å². The SMILES string of the molecule is CC12CCCC(C)(CC(CNc3ccc(-c4ccc(-c5cn[nH]c5)cc4O)nn3)C1)N2. The maximum absolute atomic E-state index is 10.5. The van der Waals surface area contributed by atoms with Crippen LogP contribution in [0.15, 0.2) is 42.7 Å². The molecule has 2 aromatic heterocycles. The molecular formula is C24H30N6O. The van der Waals surface area contributed by atoms with Crippen LogP contribution in [0.4, 0.5) is 5.82 Å². The molecule has 0 radical (unpaired) electrons. The fraction of sp³-hybridized carbons (Fsp3) is 0.458. The highest BCUT2D eigenvalue weighted by Crippen LogP contribution is 2.42. The minimum Gasteiger partial charge on any atom is -0.507 e. The molecule has 0 spiro atoms. The summed E-state index contributed by atoms with van der Waals surface area (Å²) < 4.78 is 0. The van der Waals surface area contributed by atoms with Crippen LogP contribution in [0.2, 0.25) is 0 Å². The average Bonchev–Trinajstić information content (AvgIpc) is 3.26. The van der Waals surface area contributed by atoms with Crippen LogP contribution in [0.3, 0.4) is 0 Å². The van der Waals surface area contributed by atoms with Gasteiger partial charge in [-0.1, -0.05) is 6.07 Å². The smallest absolute Gasteiger partial charge is 0.148 e. The van der Waals surface area contributed by atoms with Crippen LogP contribution in [-0.4, -0.2) is 43.1 Å². The maximum atomic E-state index is 10.5. The van der Waals surface area contributed by atoms with Gasteiger partial charge < -0.3 is 15.7 Å². The van der Waals surface area contributed by atoms with Gasteiger partial charge in [0.25, 0.3) is 0 Å². The molecule has 162 valence electrons. The third-order valence-electron chi connectivity index (χ3n) is 6.88. The highest BCUT2D eigenvalue weighted by atomic mass is 16.3. The monoisotopic (exact) mass is 418 g/mol. The van der Waals surface area contributed by atoms with Gasteiger partial charge in [-0.2, -0.15) is 5.10 Å². The number of H-pyrrole nitrogens is 1. The Morgan fingerprint density at radius 1 is 1.06 bits per heavy atom. The van der Waals surface area contributed by atoms with E-state index in [1.54, 1.807) is 18.5 Å². The molecule has 2 aliphatic rings. The number of hydrogen-bond acceptors (Lipinski definition) is 6. The zero-order valence-corrected chi connectivity index (χ0v) is 18.2. The number of aromatic amines is 1. The first-order valence-electron chi connectivity index (χ1n) is 11.1. The van der Waals surface area contributed by atoms with E-state index in [4.69, 9.17) is 0 Å². The molecule has 7 heteroatoms. The van der Waals surface area contributed by atoms with Crippen LogP contribution in [-0.2, 0) is 0 Å². The molecule has 2 aliphatic heterocycles.